The van der Waals surface area contributed by atoms with E-state index in [0.29, 0.717) is 0 Å². The summed E-state index contributed by atoms with van der Waals surface area (Å²) in [6.45, 7) is 2.02. The molecule has 0 unspecified atom stereocenters. The van der Waals surface area contributed by atoms with Gasteiger partial charge in [-0.05, 0) is 55.2 Å². The van der Waals surface area contributed by atoms with Gasteiger partial charge in [0, 0.05) is 5.69 Å². The highest BCUT2D eigenvalue weighted by Gasteiger charge is 2.51. The molecule has 0 aliphatic heterocycles. The summed E-state index contributed by atoms with van der Waals surface area (Å²) < 4.78 is 5.17. The van der Waals surface area contributed by atoms with E-state index in [-0.39, 0.29) is 11.3 Å². The zero-order chi connectivity index (χ0) is 14.9. The molecule has 0 spiro atoms. The van der Waals surface area contributed by atoms with Gasteiger partial charge in [0.25, 0.3) is 0 Å². The van der Waals surface area contributed by atoms with Gasteiger partial charge >= 0.3 is 0 Å². The zero-order valence-corrected chi connectivity index (χ0v) is 12.3. The Hall–Kier alpha value is -2.29. The van der Waals surface area contributed by atoms with Gasteiger partial charge in [-0.2, -0.15) is 0 Å². The SMILES string of the molecule is COc1ccc(C2(C(=O)Nc3cccc(C)c3)CC2)cc1. The Bertz CT molecular complexity index is 657. The number of methoxy groups -OCH3 is 1. The number of ether oxygens (including phenoxy) is 1. The minimum atomic E-state index is -0.365. The minimum absolute atomic E-state index is 0.0817. The Labute approximate surface area is 124 Å². The molecule has 1 N–H and O–H groups in total. The van der Waals surface area contributed by atoms with Gasteiger partial charge in [-0.1, -0.05) is 24.3 Å². The van der Waals surface area contributed by atoms with E-state index in [9.17, 15) is 4.79 Å². The van der Waals surface area contributed by atoms with Crippen LogP contribution in [0.4, 0.5) is 5.69 Å². The lowest BCUT2D eigenvalue weighted by molar-refractivity contribution is -0.118. The van der Waals surface area contributed by atoms with Crippen LogP contribution in [0.3, 0.4) is 0 Å². The smallest absolute Gasteiger partial charge is 0.235 e. The molecule has 0 atom stereocenters. The second-order valence-electron chi connectivity index (χ2n) is 5.63. The van der Waals surface area contributed by atoms with Crippen LogP contribution in [0.1, 0.15) is 24.0 Å². The number of nitrogens with one attached hydrogen (secondary N) is 1. The second-order valence-corrected chi connectivity index (χ2v) is 5.63. The molecule has 1 aliphatic carbocycles. The van der Waals surface area contributed by atoms with Crippen molar-refractivity contribution in [2.75, 3.05) is 12.4 Å². The lowest BCUT2D eigenvalue weighted by Gasteiger charge is -2.16. The molecule has 3 heteroatoms. The molecule has 108 valence electrons. The summed E-state index contributed by atoms with van der Waals surface area (Å²) in [5.74, 6) is 0.895. The summed E-state index contributed by atoms with van der Waals surface area (Å²) in [5, 5.41) is 3.04. The number of carbonyl (C=O) groups excluding carboxylic acids is 1. The molecule has 0 saturated heterocycles. The van der Waals surface area contributed by atoms with E-state index in [2.05, 4.69) is 5.32 Å². The Balaban J connectivity index is 1.79. The van der Waals surface area contributed by atoms with Crippen LogP contribution >= 0.6 is 0 Å². The average Bonchev–Trinajstić information content (AvgIpc) is 3.29. The van der Waals surface area contributed by atoms with Crippen LogP contribution in [-0.4, -0.2) is 13.0 Å². The van der Waals surface area contributed by atoms with E-state index in [0.717, 1.165) is 35.4 Å². The first-order valence-corrected chi connectivity index (χ1v) is 7.17. The number of anilines is 1. The van der Waals surface area contributed by atoms with E-state index in [1.54, 1.807) is 7.11 Å². The summed E-state index contributed by atoms with van der Waals surface area (Å²) in [7, 11) is 1.65. The van der Waals surface area contributed by atoms with Gasteiger partial charge in [0.1, 0.15) is 5.75 Å². The van der Waals surface area contributed by atoms with Crippen molar-refractivity contribution in [1.82, 2.24) is 0 Å². The zero-order valence-electron chi connectivity index (χ0n) is 12.3. The van der Waals surface area contributed by atoms with Crippen molar-refractivity contribution < 1.29 is 9.53 Å². The molecule has 0 aromatic heterocycles. The first kappa shape index (κ1) is 13.7. The molecule has 1 amide bonds. The summed E-state index contributed by atoms with van der Waals surface area (Å²) >= 11 is 0. The predicted octanol–water partition coefficient (Wildman–Crippen LogP) is 3.67. The highest BCUT2D eigenvalue weighted by Crippen LogP contribution is 2.49. The Morgan fingerprint density at radius 3 is 2.43 bits per heavy atom. The van der Waals surface area contributed by atoms with Gasteiger partial charge < -0.3 is 10.1 Å². The maximum absolute atomic E-state index is 12.6. The van der Waals surface area contributed by atoms with E-state index in [4.69, 9.17) is 4.74 Å². The van der Waals surface area contributed by atoms with Crippen molar-refractivity contribution in [1.29, 1.82) is 0 Å². The number of amides is 1. The molecule has 2 aromatic carbocycles. The number of aryl methyl sites for hydroxylation is 1. The van der Waals surface area contributed by atoms with E-state index < -0.39 is 0 Å². The van der Waals surface area contributed by atoms with Gasteiger partial charge in [-0.15, -0.1) is 0 Å². The summed E-state index contributed by atoms with van der Waals surface area (Å²) in [6, 6.07) is 15.7. The fraction of sp³-hybridized carbons (Fsp3) is 0.278. The van der Waals surface area contributed by atoms with Crippen molar-refractivity contribution in [3.8, 4) is 5.75 Å². The molecular weight excluding hydrogens is 262 g/mol. The lowest BCUT2D eigenvalue weighted by atomic mass is 9.94. The van der Waals surface area contributed by atoms with Crippen molar-refractivity contribution >= 4 is 11.6 Å². The Morgan fingerprint density at radius 2 is 1.86 bits per heavy atom. The third-order valence-corrected chi connectivity index (χ3v) is 4.10. The largest absolute Gasteiger partial charge is 0.497 e. The highest BCUT2D eigenvalue weighted by atomic mass is 16.5. The maximum Gasteiger partial charge on any atom is 0.235 e. The quantitative estimate of drug-likeness (QED) is 0.928. The molecule has 1 fully saturated rings. The highest BCUT2D eigenvalue weighted by molar-refractivity contribution is 6.01. The number of hydrogen-bond donors (Lipinski definition) is 1. The van der Waals surface area contributed by atoms with Gasteiger partial charge in [0.15, 0.2) is 0 Å². The molecule has 0 heterocycles. The first-order chi connectivity index (χ1) is 10.1. The van der Waals surface area contributed by atoms with Crippen molar-refractivity contribution in [3.05, 3.63) is 59.7 Å². The van der Waals surface area contributed by atoms with E-state index in [1.165, 1.54) is 0 Å². The fourth-order valence-corrected chi connectivity index (χ4v) is 2.66. The molecule has 1 aliphatic rings. The number of hydrogen-bond acceptors (Lipinski definition) is 2. The average molecular weight is 281 g/mol. The monoisotopic (exact) mass is 281 g/mol. The molecule has 0 bridgehead atoms. The molecular formula is C18H19NO2. The summed E-state index contributed by atoms with van der Waals surface area (Å²) in [4.78, 5) is 12.6. The Morgan fingerprint density at radius 1 is 1.14 bits per heavy atom. The van der Waals surface area contributed by atoms with Crippen LogP contribution in [0.2, 0.25) is 0 Å². The van der Waals surface area contributed by atoms with Crippen molar-refractivity contribution in [3.63, 3.8) is 0 Å². The molecule has 0 radical (unpaired) electrons. The van der Waals surface area contributed by atoms with Crippen molar-refractivity contribution in [2.24, 2.45) is 0 Å². The minimum Gasteiger partial charge on any atom is -0.497 e. The molecule has 1 saturated carbocycles. The number of rotatable bonds is 4. The number of benzene rings is 2. The van der Waals surface area contributed by atoms with Crippen LogP contribution in [0.5, 0.6) is 5.75 Å². The van der Waals surface area contributed by atoms with Gasteiger partial charge in [0.2, 0.25) is 5.91 Å². The van der Waals surface area contributed by atoms with Crippen LogP contribution in [0.15, 0.2) is 48.5 Å². The fourth-order valence-electron chi connectivity index (χ4n) is 2.66. The lowest BCUT2D eigenvalue weighted by Crippen LogP contribution is -2.27. The third kappa shape index (κ3) is 2.64. The van der Waals surface area contributed by atoms with Crippen LogP contribution in [-0.2, 0) is 10.2 Å². The molecule has 3 rings (SSSR count). The van der Waals surface area contributed by atoms with Gasteiger partial charge in [-0.3, -0.25) is 4.79 Å². The van der Waals surface area contributed by atoms with Crippen molar-refractivity contribution in [2.45, 2.75) is 25.2 Å². The van der Waals surface area contributed by atoms with Gasteiger partial charge in [0.05, 0.1) is 12.5 Å². The standard InChI is InChI=1S/C18H19NO2/c1-13-4-3-5-15(12-13)19-17(20)18(10-11-18)14-6-8-16(21-2)9-7-14/h3-9,12H,10-11H2,1-2H3,(H,19,20). The van der Waals surface area contributed by atoms with Gasteiger partial charge in [-0.25, -0.2) is 0 Å². The molecule has 3 nitrogen and oxygen atoms in total. The summed E-state index contributed by atoms with van der Waals surface area (Å²) in [5.41, 5.74) is 2.70. The van der Waals surface area contributed by atoms with Crippen LogP contribution < -0.4 is 10.1 Å². The number of carbonyl (C=O) groups is 1. The maximum atomic E-state index is 12.6. The third-order valence-electron chi connectivity index (χ3n) is 4.10. The van der Waals surface area contributed by atoms with E-state index in [1.807, 2.05) is 55.5 Å². The second kappa shape index (κ2) is 5.24. The first-order valence-electron chi connectivity index (χ1n) is 7.17. The molecule has 2 aromatic rings. The molecule has 21 heavy (non-hydrogen) atoms. The summed E-state index contributed by atoms with van der Waals surface area (Å²) in [6.07, 6.45) is 1.80. The van der Waals surface area contributed by atoms with E-state index >= 15 is 0 Å². The normalized spacial score (nSPS) is 15.3. The van der Waals surface area contributed by atoms with Crippen LogP contribution in [0.25, 0.3) is 0 Å². The Kier molecular flexibility index (Phi) is 3.42. The van der Waals surface area contributed by atoms with Crippen LogP contribution in [0, 0.1) is 6.92 Å². The predicted molar refractivity (Wildman–Crippen MR) is 83.7 cm³/mol. The topological polar surface area (TPSA) is 38.3 Å².